The highest BCUT2D eigenvalue weighted by Gasteiger charge is 2.39. The van der Waals surface area contributed by atoms with Gasteiger partial charge in [0.1, 0.15) is 60.7 Å². The van der Waals surface area contributed by atoms with Crippen LogP contribution in [0.2, 0.25) is 0 Å². The lowest BCUT2D eigenvalue weighted by molar-refractivity contribution is -0.118. The number of aromatic hydroxyl groups is 6. The number of hydrogen-bond donors (Lipinski definition) is 12. The van der Waals surface area contributed by atoms with E-state index in [0.29, 0.717) is 60.2 Å². The first-order valence-electron chi connectivity index (χ1n) is 28.2. The summed E-state index contributed by atoms with van der Waals surface area (Å²) < 4.78 is 105. The molecule has 4 aliphatic heterocycles. The van der Waals surface area contributed by atoms with Crippen LogP contribution in [-0.2, 0) is 92.2 Å². The number of carbonyl (C=O) groups is 4. The minimum absolute atomic E-state index is 0.0318. The van der Waals surface area contributed by atoms with Gasteiger partial charge in [-0.15, -0.1) is 0 Å². The Morgan fingerprint density at radius 2 is 0.649 bits per heavy atom. The maximum Gasteiger partial charge on any atom is 0.326 e. The maximum atomic E-state index is 11.9. The molecule has 4 heterocycles. The molecule has 0 aliphatic carbocycles. The maximum absolute atomic E-state index is 11.9. The van der Waals surface area contributed by atoms with Crippen LogP contribution < -0.4 is 47.6 Å². The number of aryl methyl sites for hydroxylation is 1. The van der Waals surface area contributed by atoms with E-state index >= 15 is 0 Å². The summed E-state index contributed by atoms with van der Waals surface area (Å²) >= 11 is 0. The van der Waals surface area contributed by atoms with Crippen LogP contribution in [0.1, 0.15) is 55.6 Å². The number of nitrogens with one attached hydrogen (secondary N) is 4. The molecule has 4 aliphatic rings. The van der Waals surface area contributed by atoms with Gasteiger partial charge in [-0.3, -0.25) is 19.2 Å². The zero-order valence-corrected chi connectivity index (χ0v) is 52.9. The highest BCUT2D eigenvalue weighted by molar-refractivity contribution is 7.93. The van der Waals surface area contributed by atoms with Crippen LogP contribution in [0.3, 0.4) is 0 Å². The van der Waals surface area contributed by atoms with Crippen molar-refractivity contribution in [3.8, 4) is 34.5 Å². The predicted octanol–water partition coefficient (Wildman–Crippen LogP) is 3.42. The Labute approximate surface area is 540 Å². The molecular weight excluding hydrogens is 1300 g/mol. The van der Waals surface area contributed by atoms with Crippen molar-refractivity contribution in [2.24, 2.45) is 5.73 Å². The Kier molecular flexibility index (Phi) is 19.8. The summed E-state index contributed by atoms with van der Waals surface area (Å²) in [5.74, 6) is -3.17. The monoisotopic (exact) mass is 1360 g/mol. The van der Waals surface area contributed by atoms with Crippen molar-refractivity contribution in [1.82, 2.24) is 18.9 Å². The zero-order valence-electron chi connectivity index (χ0n) is 49.6. The number of rotatable bonds is 13. The molecule has 0 aromatic heterocycles. The summed E-state index contributed by atoms with van der Waals surface area (Å²) in [7, 11) is -15.8. The number of nitrogens with two attached hydrogens (primary N) is 2. The average Bonchev–Trinajstić information content (AvgIpc) is 1.63. The van der Waals surface area contributed by atoms with E-state index in [4.69, 9.17) is 11.5 Å². The molecule has 0 atom stereocenters. The fraction of sp³-hybridized carbons (Fsp3) is 0.161. The van der Waals surface area contributed by atoms with E-state index in [-0.39, 0.29) is 83.4 Å². The van der Waals surface area contributed by atoms with Gasteiger partial charge in [0.25, 0.3) is 23.6 Å². The van der Waals surface area contributed by atoms with E-state index in [2.05, 4.69) is 0 Å². The van der Waals surface area contributed by atoms with Crippen molar-refractivity contribution in [2.45, 2.75) is 39.2 Å². The number of carbonyl (C=O) groups excluding carboxylic acids is 4. The van der Waals surface area contributed by atoms with E-state index < -0.39 is 64.5 Å². The fourth-order valence-electron chi connectivity index (χ4n) is 10.2. The molecule has 0 radical (unpaired) electrons. The van der Waals surface area contributed by atoms with Crippen molar-refractivity contribution in [2.75, 3.05) is 49.1 Å². The molecule has 0 saturated carbocycles. The Morgan fingerprint density at radius 1 is 0.351 bits per heavy atom. The smallest absolute Gasteiger partial charge is 0.326 e. The van der Waals surface area contributed by atoms with Crippen molar-refractivity contribution in [3.63, 3.8) is 0 Å². The second kappa shape index (κ2) is 27.6. The average molecular weight is 1360 g/mol. The van der Waals surface area contributed by atoms with E-state index in [1.165, 1.54) is 48.5 Å². The van der Waals surface area contributed by atoms with E-state index in [0.717, 1.165) is 50.6 Å². The lowest BCUT2D eigenvalue weighted by Gasteiger charge is -2.17. The molecule has 14 N–H and O–H groups in total. The third-order valence-corrected chi connectivity index (χ3v) is 20.3. The van der Waals surface area contributed by atoms with Gasteiger partial charge in [-0.25, -0.2) is 36.1 Å². The van der Waals surface area contributed by atoms with Crippen molar-refractivity contribution >= 4 is 92.9 Å². The molecule has 94 heavy (non-hydrogen) atoms. The molecule has 0 spiro atoms. The van der Waals surface area contributed by atoms with Crippen molar-refractivity contribution in [1.29, 1.82) is 0 Å². The number of nitrogen functional groups attached to an aromatic ring is 1. The molecule has 0 bridgehead atoms. The lowest BCUT2D eigenvalue weighted by atomic mass is 9.99. The van der Waals surface area contributed by atoms with Crippen LogP contribution in [0, 0.1) is 6.92 Å². The van der Waals surface area contributed by atoms with Gasteiger partial charge in [-0.05, 0) is 137 Å². The van der Waals surface area contributed by atoms with Gasteiger partial charge < -0.3 is 42.1 Å². The molecule has 8 aromatic rings. The minimum atomic E-state index is -3.96. The van der Waals surface area contributed by atoms with Gasteiger partial charge in [0, 0.05) is 25.1 Å². The number of hydrogen-bond acceptors (Lipinski definition) is 20. The molecule has 4 amide bonds. The number of phenols is 6. The number of phenolic OH excluding ortho intramolecular Hbond substituents is 6. The van der Waals surface area contributed by atoms with Crippen molar-refractivity contribution in [3.05, 3.63) is 219 Å². The Morgan fingerprint density at radius 3 is 0.979 bits per heavy atom. The number of benzene rings is 8. The van der Waals surface area contributed by atoms with Crippen molar-refractivity contribution < 1.29 is 83.5 Å². The second-order valence-electron chi connectivity index (χ2n) is 21.6. The SMILES string of the molecule is Cc1ccc(O)c(Cc2ccc(N3CC(=O)NS3(=O)=O)c(O)c2)c1.NCc1ccccc1Cc1ccc(N2CC(=O)NS2(=O)=O)c(O)c1.Nc1ccccc1Cc1ccc(N2CC(=O)NS2(=O)=O)c(O)c1.O=C1CN(c2ccc(Cc3ccccc3O)cc2O)S(=O)(=O)N1. The largest absolute Gasteiger partial charge is 0.508 e. The summed E-state index contributed by atoms with van der Waals surface area (Å²) in [4.78, 5) is 45.1. The summed E-state index contributed by atoms with van der Waals surface area (Å²) in [5, 5.41) is 60.3. The van der Waals surface area contributed by atoms with Crippen LogP contribution >= 0.6 is 0 Å². The standard InChI is InChI=1S/C16H17N3O4S.C16H16N2O5S.C15H15N3O4S.C15H14N2O5S/c17-9-13-4-2-1-3-12(13)7-11-5-6-14(15(20)8-11)19-10-16(21)18-24(19,22)23;1-10-2-5-14(19)12(6-10)7-11-3-4-13(15(20)8-11)18-9-16(21)17-24(18,22)23;16-12-4-2-1-3-11(12)7-10-5-6-13(14(19)8-10)18-9-15(20)17-23(18,21)22;18-13-4-2-1-3-11(13)7-10-5-6-12(14(19)8-10)17-9-15(20)16-23(17,21)22/h1-6,8,20H,7,9-10,17H2,(H,18,21);2-6,8,19-20H,7,9H2,1H3,(H,17,21);1-6,8,19H,7,9,16H2,(H,17,20);1-6,8,18-19H,7,9H2,(H,16,20). The summed E-state index contributed by atoms with van der Waals surface area (Å²) in [6, 6.07) is 45.5. The van der Waals surface area contributed by atoms with Crippen LogP contribution in [-0.4, -0.2) is 114 Å². The van der Waals surface area contributed by atoms with Gasteiger partial charge in [-0.2, -0.15) is 33.7 Å². The minimum Gasteiger partial charge on any atom is -0.508 e. The number of amides is 4. The molecule has 12 rings (SSSR count). The van der Waals surface area contributed by atoms with E-state index in [1.54, 1.807) is 66.7 Å². The first-order valence-corrected chi connectivity index (χ1v) is 33.9. The Bertz CT molecular complexity index is 4620. The highest BCUT2D eigenvalue weighted by atomic mass is 32.2. The Hall–Kier alpha value is -10.8. The zero-order chi connectivity index (χ0) is 68.0. The van der Waals surface area contributed by atoms with Gasteiger partial charge in [0.2, 0.25) is 0 Å². The van der Waals surface area contributed by atoms with Crippen LogP contribution in [0.5, 0.6) is 34.5 Å². The number of anilines is 5. The topological polar surface area (TPSA) is 439 Å². The third kappa shape index (κ3) is 15.9. The summed E-state index contributed by atoms with van der Waals surface area (Å²) in [6.07, 6.45) is 1.82. The molecule has 8 aromatic carbocycles. The molecule has 4 saturated heterocycles. The third-order valence-electron chi connectivity index (χ3n) is 14.7. The van der Waals surface area contributed by atoms with Gasteiger partial charge in [0.15, 0.2) is 0 Å². The van der Waals surface area contributed by atoms with Gasteiger partial charge in [-0.1, -0.05) is 103 Å². The van der Waals surface area contributed by atoms with Gasteiger partial charge >= 0.3 is 40.8 Å². The number of para-hydroxylation sites is 2. The molecule has 492 valence electrons. The molecular formula is C62H62N10O18S4. The molecule has 4 fully saturated rings. The first-order chi connectivity index (χ1) is 44.4. The summed E-state index contributed by atoms with van der Waals surface area (Å²) in [6.45, 7) is 0.903. The van der Waals surface area contributed by atoms with E-state index in [1.807, 2.05) is 74.3 Å². The molecule has 32 heteroatoms. The quantitative estimate of drug-likeness (QED) is 0.0736. The molecule has 0 unspecified atom stereocenters. The highest BCUT2D eigenvalue weighted by Crippen LogP contribution is 2.37. The molecule has 28 nitrogen and oxygen atoms in total. The normalized spacial score (nSPS) is 16.3. The Balaban J connectivity index is 0.000000148. The number of nitrogens with zero attached hydrogens (tertiary/aromatic N) is 4. The van der Waals surface area contributed by atoms with Gasteiger partial charge in [0.05, 0.1) is 22.7 Å². The summed E-state index contributed by atoms with van der Waals surface area (Å²) in [5.41, 5.74) is 20.8. The predicted molar refractivity (Wildman–Crippen MR) is 347 cm³/mol. The fourth-order valence-corrected chi connectivity index (χ4v) is 14.9. The van der Waals surface area contributed by atoms with Crippen LogP contribution in [0.25, 0.3) is 0 Å². The lowest BCUT2D eigenvalue weighted by Crippen LogP contribution is -2.29. The second-order valence-corrected chi connectivity index (χ2v) is 28.0. The first kappa shape index (κ1) is 67.6. The van der Waals surface area contributed by atoms with Crippen LogP contribution in [0.15, 0.2) is 164 Å². The van der Waals surface area contributed by atoms with E-state index in [9.17, 15) is 83.5 Å². The van der Waals surface area contributed by atoms with Crippen LogP contribution in [0.4, 0.5) is 28.4 Å².